The number of nitrogens with zero attached hydrogens (tertiary/aromatic N) is 2. The van der Waals surface area contributed by atoms with Crippen LogP contribution in [0.25, 0.3) is 0 Å². The third-order valence-corrected chi connectivity index (χ3v) is 16.3. The monoisotopic (exact) mass is 690 g/mol. The first kappa shape index (κ1) is 35.1. The summed E-state index contributed by atoms with van der Waals surface area (Å²) < 4.78 is -0.468. The van der Waals surface area contributed by atoms with E-state index in [1.165, 1.54) is 108 Å². The smallest absolute Gasteiger partial charge is 0.114 e. The minimum absolute atomic E-state index is 0.00154. The Morgan fingerprint density at radius 2 is 1.15 bits per heavy atom. The van der Waals surface area contributed by atoms with E-state index in [4.69, 9.17) is 23.2 Å². The summed E-state index contributed by atoms with van der Waals surface area (Å²) in [6, 6.07) is 9.35. The van der Waals surface area contributed by atoms with Crippen molar-refractivity contribution >= 4 is 42.5 Å². The summed E-state index contributed by atoms with van der Waals surface area (Å²) in [4.78, 5) is 5.21. The van der Waals surface area contributed by atoms with Crippen LogP contribution in [0.5, 0.6) is 0 Å². The molecule has 254 valence electrons. The predicted octanol–water partition coefficient (Wildman–Crippen LogP) is 12.5. The Hall–Kier alpha value is -1.69. The van der Waals surface area contributed by atoms with Gasteiger partial charge in [-0.2, -0.15) is 0 Å². The van der Waals surface area contributed by atoms with Crippen molar-refractivity contribution in [1.29, 1.82) is 0 Å². The van der Waals surface area contributed by atoms with Crippen molar-refractivity contribution in [3.63, 3.8) is 0 Å². The van der Waals surface area contributed by atoms with Gasteiger partial charge in [0.05, 0.1) is 9.99 Å². The zero-order valence-corrected chi connectivity index (χ0v) is 32.9. The molecule has 1 saturated heterocycles. The average Bonchev–Trinajstić information content (AvgIpc) is 3.77. The third kappa shape index (κ3) is 6.76. The SMILES string of the molecule is Cc1cc(C)c(N2CCN(c3c(C)cc(C)cc3C)C2=C2CC(Cl)(P(C3CCCC3)C3CCCC3)C(=C=CC(C)(C)C)C2Cl)c(C)c1. The number of halogens is 2. The molecule has 0 amide bonds. The molecular weight excluding hydrogens is 634 g/mol. The summed E-state index contributed by atoms with van der Waals surface area (Å²) in [6.45, 7) is 22.1. The van der Waals surface area contributed by atoms with Crippen LogP contribution in [-0.2, 0) is 0 Å². The van der Waals surface area contributed by atoms with Gasteiger partial charge in [-0.15, -0.1) is 28.9 Å². The number of hydrogen-bond donors (Lipinski definition) is 0. The molecule has 4 aliphatic rings. The highest BCUT2D eigenvalue weighted by Gasteiger charge is 2.56. The topological polar surface area (TPSA) is 6.48 Å². The van der Waals surface area contributed by atoms with Crippen LogP contribution in [-0.4, -0.2) is 34.4 Å². The van der Waals surface area contributed by atoms with Crippen molar-refractivity contribution in [2.75, 3.05) is 22.9 Å². The molecule has 2 atom stereocenters. The fourth-order valence-electron chi connectivity index (χ4n) is 9.48. The van der Waals surface area contributed by atoms with E-state index in [9.17, 15) is 0 Å². The molecule has 47 heavy (non-hydrogen) atoms. The minimum atomic E-state index is -0.481. The molecule has 3 saturated carbocycles. The first-order valence-corrected chi connectivity index (χ1v) is 20.5. The van der Waals surface area contributed by atoms with E-state index in [2.05, 4.69) is 108 Å². The Balaban J connectivity index is 1.61. The van der Waals surface area contributed by atoms with Crippen LogP contribution in [0.15, 0.2) is 53.0 Å². The van der Waals surface area contributed by atoms with Crippen LogP contribution in [0, 0.1) is 47.0 Å². The Kier molecular flexibility index (Phi) is 10.1. The summed E-state index contributed by atoms with van der Waals surface area (Å²) in [5, 5.41) is -0.283. The largest absolute Gasteiger partial charge is 0.325 e. The van der Waals surface area contributed by atoms with Gasteiger partial charge in [0.15, 0.2) is 0 Å². The molecule has 3 aliphatic carbocycles. The van der Waals surface area contributed by atoms with Gasteiger partial charge in [-0.05, 0) is 118 Å². The van der Waals surface area contributed by atoms with E-state index in [0.29, 0.717) is 0 Å². The number of allylic oxidation sites excluding steroid dienone is 2. The molecule has 0 aromatic heterocycles. The van der Waals surface area contributed by atoms with Crippen molar-refractivity contribution in [3.8, 4) is 0 Å². The maximum Gasteiger partial charge on any atom is 0.114 e. The molecule has 0 radical (unpaired) electrons. The standard InChI is InChI=1S/C42H57Cl2N2P/c1-27-22-29(3)38(30(4)23-27)45-20-21-46(39-31(5)24-28(2)25-32(39)6)40(45)35-26-42(44,36(37(35)43)18-19-41(7,8)9)47(33-14-10-11-15-33)34-16-12-13-17-34/h19,22-25,33-34,37H,10-17,20-21,26H2,1-9H3. The van der Waals surface area contributed by atoms with Crippen LogP contribution in [0.2, 0.25) is 0 Å². The fraction of sp³-hybridized carbons (Fsp3) is 0.595. The lowest BCUT2D eigenvalue weighted by Gasteiger charge is -2.41. The van der Waals surface area contributed by atoms with Crippen LogP contribution >= 0.6 is 31.1 Å². The van der Waals surface area contributed by atoms with Crippen molar-refractivity contribution in [1.82, 2.24) is 0 Å². The van der Waals surface area contributed by atoms with Crippen LogP contribution < -0.4 is 9.80 Å². The Morgan fingerprint density at radius 1 is 0.745 bits per heavy atom. The molecule has 0 N–H and O–H groups in total. The quantitative estimate of drug-likeness (QED) is 0.175. The van der Waals surface area contributed by atoms with Crippen LogP contribution in [0.3, 0.4) is 0 Å². The molecule has 0 bridgehead atoms. The summed E-state index contributed by atoms with van der Waals surface area (Å²) >= 11 is 16.3. The summed E-state index contributed by atoms with van der Waals surface area (Å²) in [7, 11) is -0.481. The van der Waals surface area contributed by atoms with Crippen molar-refractivity contribution < 1.29 is 0 Å². The second-order valence-corrected chi connectivity index (χ2v) is 20.7. The number of anilines is 2. The van der Waals surface area contributed by atoms with E-state index in [-0.39, 0.29) is 10.8 Å². The van der Waals surface area contributed by atoms with E-state index in [0.717, 1.165) is 36.4 Å². The second kappa shape index (κ2) is 13.6. The lowest BCUT2D eigenvalue weighted by atomic mass is 9.96. The highest BCUT2D eigenvalue weighted by molar-refractivity contribution is 7.63. The molecule has 2 nitrogen and oxygen atoms in total. The first-order valence-electron chi connectivity index (χ1n) is 18.2. The second-order valence-electron chi connectivity index (χ2n) is 16.3. The van der Waals surface area contributed by atoms with E-state index in [1.807, 2.05) is 0 Å². The van der Waals surface area contributed by atoms with Gasteiger partial charge in [-0.1, -0.05) is 89.8 Å². The van der Waals surface area contributed by atoms with E-state index in [1.54, 1.807) is 0 Å². The maximum atomic E-state index is 8.37. The molecule has 0 spiro atoms. The number of aryl methyl sites for hydroxylation is 6. The summed E-state index contributed by atoms with van der Waals surface area (Å²) in [5.41, 5.74) is 18.4. The lowest BCUT2D eigenvalue weighted by molar-refractivity contribution is 0.544. The Labute approximate surface area is 297 Å². The minimum Gasteiger partial charge on any atom is -0.325 e. The molecule has 1 aliphatic heterocycles. The zero-order chi connectivity index (χ0) is 33.8. The molecule has 5 heteroatoms. The Bertz CT molecular complexity index is 1480. The molecule has 2 aromatic rings. The molecule has 4 fully saturated rings. The Morgan fingerprint density at radius 3 is 1.53 bits per heavy atom. The maximum absolute atomic E-state index is 8.37. The molecule has 6 rings (SSSR count). The predicted molar refractivity (Wildman–Crippen MR) is 208 cm³/mol. The van der Waals surface area contributed by atoms with Gasteiger partial charge in [0, 0.05) is 36.5 Å². The van der Waals surface area contributed by atoms with Crippen LogP contribution in [0.4, 0.5) is 11.4 Å². The number of rotatable bonds is 5. The van der Waals surface area contributed by atoms with E-state index < -0.39 is 12.5 Å². The number of benzene rings is 2. The third-order valence-electron chi connectivity index (χ3n) is 11.1. The highest BCUT2D eigenvalue weighted by Crippen LogP contribution is 2.73. The molecule has 1 heterocycles. The summed E-state index contributed by atoms with van der Waals surface area (Å²) in [5.74, 6) is 1.26. The van der Waals surface area contributed by atoms with E-state index >= 15 is 0 Å². The van der Waals surface area contributed by atoms with Gasteiger partial charge < -0.3 is 9.80 Å². The van der Waals surface area contributed by atoms with Crippen molar-refractivity contribution in [3.05, 3.63) is 86.4 Å². The van der Waals surface area contributed by atoms with Gasteiger partial charge in [0.25, 0.3) is 0 Å². The summed E-state index contributed by atoms with van der Waals surface area (Å²) in [6.07, 6.45) is 13.8. The number of alkyl halides is 2. The number of hydrogen-bond acceptors (Lipinski definition) is 2. The fourth-order valence-corrected chi connectivity index (χ4v) is 15.6. The normalized spacial score (nSPS) is 24.4. The first-order chi connectivity index (χ1) is 22.2. The molecular formula is C42H57Cl2N2P. The lowest BCUT2D eigenvalue weighted by Crippen LogP contribution is -2.29. The van der Waals surface area contributed by atoms with Crippen LogP contribution in [0.1, 0.15) is 112 Å². The van der Waals surface area contributed by atoms with Gasteiger partial charge in [-0.25, -0.2) is 0 Å². The highest BCUT2D eigenvalue weighted by atomic mass is 35.5. The average molecular weight is 692 g/mol. The van der Waals surface area contributed by atoms with Crippen molar-refractivity contribution in [2.45, 2.75) is 141 Å². The van der Waals surface area contributed by atoms with Gasteiger partial charge in [0.2, 0.25) is 0 Å². The van der Waals surface area contributed by atoms with Gasteiger partial charge >= 0.3 is 0 Å². The zero-order valence-electron chi connectivity index (χ0n) is 30.5. The molecule has 2 aromatic carbocycles. The van der Waals surface area contributed by atoms with Crippen molar-refractivity contribution in [2.24, 2.45) is 5.41 Å². The molecule has 2 unspecified atom stereocenters. The van der Waals surface area contributed by atoms with Gasteiger partial charge in [0.1, 0.15) is 5.82 Å². The van der Waals surface area contributed by atoms with Gasteiger partial charge in [-0.3, -0.25) is 0 Å².